The molecule has 1 nitrogen and oxygen atoms in total. The van der Waals surface area contributed by atoms with Gasteiger partial charge in [0.05, 0.1) is 0 Å². The lowest BCUT2D eigenvalue weighted by atomic mass is 9.67. The highest BCUT2D eigenvalue weighted by Crippen LogP contribution is 2.45. The lowest BCUT2D eigenvalue weighted by Crippen LogP contribution is -2.30. The summed E-state index contributed by atoms with van der Waals surface area (Å²) in [5, 5.41) is 0. The van der Waals surface area contributed by atoms with Crippen molar-refractivity contribution in [2.45, 2.75) is 83.6 Å². The van der Waals surface area contributed by atoms with Crippen LogP contribution in [0.1, 0.15) is 80.9 Å². The normalized spacial score (nSPS) is 24.5. The molecule has 1 saturated heterocycles. The first-order valence-corrected chi connectivity index (χ1v) is 11.1. The highest BCUT2D eigenvalue weighted by Gasteiger charge is 2.34. The topological polar surface area (TPSA) is 3.24 Å². The van der Waals surface area contributed by atoms with Crippen LogP contribution in [-0.2, 0) is 6.42 Å². The Labute approximate surface area is 167 Å². The van der Waals surface area contributed by atoms with Gasteiger partial charge in [-0.05, 0) is 79.9 Å². The molecule has 2 aliphatic rings. The Morgan fingerprint density at radius 2 is 2.04 bits per heavy atom. The summed E-state index contributed by atoms with van der Waals surface area (Å²) in [6.45, 7) is 14.9. The van der Waals surface area contributed by atoms with E-state index >= 15 is 0 Å². The third kappa shape index (κ3) is 5.13. The maximum Gasteiger partial charge on any atom is 0.0163 e. The molecule has 2 atom stereocenters. The summed E-state index contributed by atoms with van der Waals surface area (Å²) >= 11 is 0. The molecule has 0 radical (unpaired) electrons. The van der Waals surface area contributed by atoms with E-state index in [0.29, 0.717) is 11.3 Å². The van der Waals surface area contributed by atoms with Gasteiger partial charge in [0.2, 0.25) is 0 Å². The second-order valence-corrected chi connectivity index (χ2v) is 9.40. The van der Waals surface area contributed by atoms with Gasteiger partial charge >= 0.3 is 0 Å². The summed E-state index contributed by atoms with van der Waals surface area (Å²) in [6, 6.07) is 7.93. The Morgan fingerprint density at radius 3 is 2.67 bits per heavy atom. The number of allylic oxidation sites excluding steroid dienone is 1. The average Bonchev–Trinajstić information content (AvgIpc) is 3.02. The van der Waals surface area contributed by atoms with E-state index in [9.17, 15) is 0 Å². The zero-order valence-electron chi connectivity index (χ0n) is 17.7. The van der Waals surface area contributed by atoms with Gasteiger partial charge in [0.25, 0.3) is 0 Å². The fourth-order valence-electron chi connectivity index (χ4n) is 5.22. The Bertz CT molecular complexity index is 640. The van der Waals surface area contributed by atoms with Crippen molar-refractivity contribution >= 4 is 0 Å². The molecule has 0 spiro atoms. The van der Waals surface area contributed by atoms with Crippen molar-refractivity contribution in [3.05, 3.63) is 60.2 Å². The molecule has 1 aromatic rings. The molecule has 148 valence electrons. The average molecular weight is 366 g/mol. The minimum Gasteiger partial charge on any atom is -0.296 e. The van der Waals surface area contributed by atoms with Crippen LogP contribution in [0.3, 0.4) is 0 Å². The van der Waals surface area contributed by atoms with Crippen molar-refractivity contribution < 1.29 is 0 Å². The number of likely N-dealkylation sites (tertiary alicyclic amines) is 1. The van der Waals surface area contributed by atoms with Crippen molar-refractivity contribution in [3.8, 4) is 0 Å². The Balaban J connectivity index is 1.60. The SMILES string of the molecule is C=CCCc1ccc(C2CC(CCCC3(C)CCC3)N(CC=C)C2)cc1C. The van der Waals surface area contributed by atoms with Crippen LogP contribution in [-0.4, -0.2) is 24.0 Å². The van der Waals surface area contributed by atoms with Gasteiger partial charge in [-0.15, -0.1) is 13.2 Å². The van der Waals surface area contributed by atoms with Gasteiger partial charge in [0.1, 0.15) is 0 Å². The molecule has 1 heteroatoms. The molecule has 0 amide bonds. The predicted molar refractivity (Wildman–Crippen MR) is 118 cm³/mol. The molecule has 2 unspecified atom stereocenters. The Hall–Kier alpha value is -1.34. The van der Waals surface area contributed by atoms with Gasteiger partial charge in [0.15, 0.2) is 0 Å². The van der Waals surface area contributed by atoms with Crippen LogP contribution in [0.15, 0.2) is 43.5 Å². The Morgan fingerprint density at radius 1 is 1.22 bits per heavy atom. The van der Waals surface area contributed by atoms with Crippen LogP contribution in [0, 0.1) is 12.3 Å². The molecule has 1 heterocycles. The van der Waals surface area contributed by atoms with E-state index in [1.54, 1.807) is 0 Å². The van der Waals surface area contributed by atoms with Gasteiger partial charge in [-0.3, -0.25) is 4.90 Å². The van der Waals surface area contributed by atoms with E-state index in [4.69, 9.17) is 0 Å². The van der Waals surface area contributed by atoms with E-state index in [0.717, 1.165) is 25.4 Å². The molecule has 1 aliphatic heterocycles. The van der Waals surface area contributed by atoms with Crippen molar-refractivity contribution in [1.29, 1.82) is 0 Å². The lowest BCUT2D eigenvalue weighted by Gasteiger charge is -2.39. The second kappa shape index (κ2) is 9.24. The van der Waals surface area contributed by atoms with E-state index in [-0.39, 0.29) is 0 Å². The number of hydrogen-bond donors (Lipinski definition) is 0. The van der Waals surface area contributed by atoms with Crippen molar-refractivity contribution in [3.63, 3.8) is 0 Å². The van der Waals surface area contributed by atoms with Crippen LogP contribution >= 0.6 is 0 Å². The summed E-state index contributed by atoms with van der Waals surface area (Å²) in [5.41, 5.74) is 5.13. The molecule has 1 aliphatic carbocycles. The minimum absolute atomic E-state index is 0.666. The zero-order valence-corrected chi connectivity index (χ0v) is 17.7. The fraction of sp³-hybridized carbons (Fsp3) is 0.615. The first-order valence-electron chi connectivity index (χ1n) is 11.1. The third-order valence-electron chi connectivity index (χ3n) is 7.23. The standard InChI is InChI=1S/C26H39N/c1-5-7-10-22-12-13-23(18-21(22)3)24-19-25(27(20-24)17-6-2)11-8-14-26(4)15-9-16-26/h5-6,12-13,18,24-25H,1-2,7-11,14-17,19-20H2,3-4H3. The molecule has 0 bridgehead atoms. The van der Waals surface area contributed by atoms with Gasteiger partial charge < -0.3 is 0 Å². The quantitative estimate of drug-likeness (QED) is 0.411. The second-order valence-electron chi connectivity index (χ2n) is 9.40. The van der Waals surface area contributed by atoms with Crippen molar-refractivity contribution in [2.75, 3.05) is 13.1 Å². The van der Waals surface area contributed by atoms with E-state index in [2.05, 4.69) is 56.2 Å². The predicted octanol–water partition coefficient (Wildman–Crippen LogP) is 6.82. The number of nitrogens with zero attached hydrogens (tertiary/aromatic N) is 1. The van der Waals surface area contributed by atoms with Crippen LogP contribution in [0.4, 0.5) is 0 Å². The molecular weight excluding hydrogens is 326 g/mol. The van der Waals surface area contributed by atoms with E-state index < -0.39 is 0 Å². The smallest absolute Gasteiger partial charge is 0.0163 e. The zero-order chi connectivity index (χ0) is 19.3. The summed E-state index contributed by atoms with van der Waals surface area (Å²) in [6.07, 6.45) is 16.1. The van der Waals surface area contributed by atoms with Crippen LogP contribution < -0.4 is 0 Å². The van der Waals surface area contributed by atoms with Crippen molar-refractivity contribution in [2.24, 2.45) is 5.41 Å². The maximum atomic E-state index is 4.00. The van der Waals surface area contributed by atoms with Gasteiger partial charge in [-0.1, -0.05) is 50.1 Å². The van der Waals surface area contributed by atoms with Crippen LogP contribution in [0.25, 0.3) is 0 Å². The highest BCUT2D eigenvalue weighted by molar-refractivity contribution is 5.34. The summed E-state index contributed by atoms with van der Waals surface area (Å²) < 4.78 is 0. The van der Waals surface area contributed by atoms with Crippen molar-refractivity contribution in [1.82, 2.24) is 4.90 Å². The van der Waals surface area contributed by atoms with Gasteiger partial charge in [-0.25, -0.2) is 0 Å². The monoisotopic (exact) mass is 365 g/mol. The van der Waals surface area contributed by atoms with Crippen LogP contribution in [0.2, 0.25) is 0 Å². The first-order chi connectivity index (χ1) is 13.0. The molecule has 3 rings (SSSR count). The molecular formula is C26H39N. The van der Waals surface area contributed by atoms with Gasteiger partial charge in [-0.2, -0.15) is 0 Å². The third-order valence-corrected chi connectivity index (χ3v) is 7.23. The lowest BCUT2D eigenvalue weighted by molar-refractivity contribution is 0.135. The first kappa shape index (κ1) is 20.4. The summed E-state index contributed by atoms with van der Waals surface area (Å²) in [5.74, 6) is 0.682. The summed E-state index contributed by atoms with van der Waals surface area (Å²) in [4.78, 5) is 2.68. The molecule has 1 saturated carbocycles. The molecule has 2 fully saturated rings. The summed E-state index contributed by atoms with van der Waals surface area (Å²) in [7, 11) is 0. The fourth-order valence-corrected chi connectivity index (χ4v) is 5.22. The van der Waals surface area contributed by atoms with E-state index in [1.165, 1.54) is 68.2 Å². The number of aryl methyl sites for hydroxylation is 2. The molecule has 0 N–H and O–H groups in total. The number of hydrogen-bond acceptors (Lipinski definition) is 1. The van der Waals surface area contributed by atoms with Crippen LogP contribution in [0.5, 0.6) is 0 Å². The highest BCUT2D eigenvalue weighted by atomic mass is 15.2. The molecule has 0 aromatic heterocycles. The molecule has 1 aromatic carbocycles. The number of rotatable bonds is 10. The minimum atomic E-state index is 0.666. The number of benzene rings is 1. The molecule has 27 heavy (non-hydrogen) atoms. The largest absolute Gasteiger partial charge is 0.296 e. The maximum absolute atomic E-state index is 4.00. The van der Waals surface area contributed by atoms with E-state index in [1.807, 2.05) is 6.08 Å². The van der Waals surface area contributed by atoms with Gasteiger partial charge in [0, 0.05) is 19.1 Å². The Kier molecular flexibility index (Phi) is 6.98.